The van der Waals surface area contributed by atoms with Gasteiger partial charge >= 0.3 is 0 Å². The predicted octanol–water partition coefficient (Wildman–Crippen LogP) is 2.38. The smallest absolute Gasteiger partial charge is 0.108 e. The van der Waals surface area contributed by atoms with E-state index in [1.807, 2.05) is 12.4 Å². The molecule has 0 aromatic carbocycles. The van der Waals surface area contributed by atoms with Crippen LogP contribution in [0.1, 0.15) is 38.9 Å². The molecule has 1 unspecified atom stereocenters. The van der Waals surface area contributed by atoms with E-state index in [4.69, 9.17) is 0 Å². The summed E-state index contributed by atoms with van der Waals surface area (Å²) in [5.74, 6) is 1.97. The van der Waals surface area contributed by atoms with Gasteiger partial charge in [0.15, 0.2) is 0 Å². The number of aryl methyl sites for hydroxylation is 2. The highest BCUT2D eigenvalue weighted by atomic mass is 15.0. The largest absolute Gasteiger partial charge is 0.338 e. The molecule has 0 aliphatic heterocycles. The molecule has 1 N–H and O–H groups in total. The van der Waals surface area contributed by atoms with Gasteiger partial charge in [-0.1, -0.05) is 26.7 Å². The van der Waals surface area contributed by atoms with Crippen LogP contribution in [-0.4, -0.2) is 22.6 Å². The fourth-order valence-corrected chi connectivity index (χ4v) is 2.40. The highest BCUT2D eigenvalue weighted by Gasteiger charge is 2.16. The van der Waals surface area contributed by atoms with E-state index in [2.05, 4.69) is 42.8 Å². The summed E-state index contributed by atoms with van der Waals surface area (Å²) in [6.45, 7) is 4.55. The second-order valence-electron chi connectivity index (χ2n) is 4.46. The van der Waals surface area contributed by atoms with Crippen LogP contribution < -0.4 is 5.32 Å². The van der Waals surface area contributed by atoms with Crippen LogP contribution in [0.25, 0.3) is 0 Å². The van der Waals surface area contributed by atoms with Crippen molar-refractivity contribution in [1.82, 2.24) is 14.9 Å². The lowest BCUT2D eigenvalue weighted by Crippen LogP contribution is -2.33. The fourth-order valence-electron chi connectivity index (χ4n) is 2.40. The third-order valence-electron chi connectivity index (χ3n) is 3.59. The molecular formula is C13H25N3. The summed E-state index contributed by atoms with van der Waals surface area (Å²) in [6.07, 6.45) is 8.63. The molecule has 0 aliphatic rings. The minimum atomic E-state index is 0.617. The first-order valence-corrected chi connectivity index (χ1v) is 6.36. The molecule has 0 amide bonds. The number of aromatic nitrogens is 2. The zero-order valence-corrected chi connectivity index (χ0v) is 11.0. The van der Waals surface area contributed by atoms with Crippen LogP contribution in [0.15, 0.2) is 12.4 Å². The molecule has 1 aromatic rings. The number of hydrogen-bond acceptors (Lipinski definition) is 2. The number of imidazole rings is 1. The summed E-state index contributed by atoms with van der Waals surface area (Å²) < 4.78 is 2.11. The second-order valence-corrected chi connectivity index (χ2v) is 4.46. The van der Waals surface area contributed by atoms with Crippen LogP contribution in [0.3, 0.4) is 0 Å². The molecule has 16 heavy (non-hydrogen) atoms. The summed E-state index contributed by atoms with van der Waals surface area (Å²) in [4.78, 5) is 4.37. The van der Waals surface area contributed by atoms with Crippen molar-refractivity contribution in [3.05, 3.63) is 18.2 Å². The first kappa shape index (κ1) is 13.2. The van der Waals surface area contributed by atoms with Crippen LogP contribution >= 0.6 is 0 Å². The molecule has 3 heteroatoms. The third-order valence-corrected chi connectivity index (χ3v) is 3.59. The molecule has 92 valence electrons. The Bertz CT molecular complexity index is 289. The predicted molar refractivity (Wildman–Crippen MR) is 68.4 cm³/mol. The maximum absolute atomic E-state index is 4.37. The number of rotatable bonds is 7. The Hall–Kier alpha value is -0.830. The van der Waals surface area contributed by atoms with Gasteiger partial charge in [0.05, 0.1) is 0 Å². The van der Waals surface area contributed by atoms with Crippen LogP contribution in [0.2, 0.25) is 0 Å². The van der Waals surface area contributed by atoms with E-state index in [1.54, 1.807) is 0 Å². The van der Waals surface area contributed by atoms with Crippen LogP contribution in [0.5, 0.6) is 0 Å². The van der Waals surface area contributed by atoms with Gasteiger partial charge in [0.25, 0.3) is 0 Å². The molecule has 0 aliphatic carbocycles. The van der Waals surface area contributed by atoms with Gasteiger partial charge in [-0.15, -0.1) is 0 Å². The topological polar surface area (TPSA) is 29.9 Å². The van der Waals surface area contributed by atoms with Gasteiger partial charge in [-0.3, -0.25) is 0 Å². The average Bonchev–Trinajstić information content (AvgIpc) is 2.70. The Morgan fingerprint density at radius 2 is 2.06 bits per heavy atom. The van der Waals surface area contributed by atoms with E-state index >= 15 is 0 Å². The van der Waals surface area contributed by atoms with Gasteiger partial charge in [0.1, 0.15) is 5.82 Å². The number of nitrogens with zero attached hydrogens (tertiary/aromatic N) is 2. The number of nitrogens with one attached hydrogen (secondary N) is 1. The molecule has 1 atom stereocenters. The van der Waals surface area contributed by atoms with Crippen molar-refractivity contribution < 1.29 is 0 Å². The fraction of sp³-hybridized carbons (Fsp3) is 0.769. The normalized spacial score (nSPS) is 13.3. The monoisotopic (exact) mass is 223 g/mol. The molecule has 0 radical (unpaired) electrons. The van der Waals surface area contributed by atoms with Gasteiger partial charge in [-0.2, -0.15) is 0 Å². The van der Waals surface area contributed by atoms with E-state index in [-0.39, 0.29) is 0 Å². The lowest BCUT2D eigenvalue weighted by atomic mass is 9.91. The first-order chi connectivity index (χ1) is 7.72. The van der Waals surface area contributed by atoms with Crippen LogP contribution in [-0.2, 0) is 13.5 Å². The summed E-state index contributed by atoms with van der Waals surface area (Å²) in [6, 6.07) is 0.617. The Kier molecular flexibility index (Phi) is 5.53. The molecule has 0 saturated heterocycles. The van der Waals surface area contributed by atoms with Crippen molar-refractivity contribution in [2.24, 2.45) is 13.0 Å². The standard InChI is InChI=1S/C13H25N3/c1-5-11(6-2)12(14-3)7-8-13-15-9-10-16(13)4/h9-12,14H,5-8H2,1-4H3. The zero-order chi connectivity index (χ0) is 12.0. The van der Waals surface area contributed by atoms with E-state index in [0.717, 1.165) is 12.3 Å². The maximum atomic E-state index is 4.37. The Balaban J connectivity index is 2.48. The molecule has 0 saturated carbocycles. The Morgan fingerprint density at radius 3 is 2.50 bits per heavy atom. The van der Waals surface area contributed by atoms with Crippen molar-refractivity contribution in [3.63, 3.8) is 0 Å². The highest BCUT2D eigenvalue weighted by molar-refractivity contribution is 4.92. The Labute approximate surface area is 99.3 Å². The highest BCUT2D eigenvalue weighted by Crippen LogP contribution is 2.17. The molecular weight excluding hydrogens is 198 g/mol. The van der Waals surface area contributed by atoms with Crippen molar-refractivity contribution in [3.8, 4) is 0 Å². The minimum absolute atomic E-state index is 0.617. The van der Waals surface area contributed by atoms with Gasteiger partial charge < -0.3 is 9.88 Å². The minimum Gasteiger partial charge on any atom is -0.338 e. The SMILES string of the molecule is CCC(CC)C(CCc1nccn1C)NC. The van der Waals surface area contributed by atoms with Crippen molar-refractivity contribution >= 4 is 0 Å². The van der Waals surface area contributed by atoms with Gasteiger partial charge in [0, 0.05) is 31.9 Å². The quantitative estimate of drug-likeness (QED) is 0.769. The van der Waals surface area contributed by atoms with Gasteiger partial charge in [-0.25, -0.2) is 4.98 Å². The molecule has 0 spiro atoms. The van der Waals surface area contributed by atoms with Crippen molar-refractivity contribution in [1.29, 1.82) is 0 Å². The van der Waals surface area contributed by atoms with E-state index < -0.39 is 0 Å². The first-order valence-electron chi connectivity index (χ1n) is 6.36. The summed E-state index contributed by atoms with van der Waals surface area (Å²) in [7, 11) is 4.13. The van der Waals surface area contributed by atoms with E-state index in [0.29, 0.717) is 6.04 Å². The van der Waals surface area contributed by atoms with E-state index in [1.165, 1.54) is 25.1 Å². The second kappa shape index (κ2) is 6.69. The van der Waals surface area contributed by atoms with Gasteiger partial charge in [-0.05, 0) is 19.4 Å². The summed E-state index contributed by atoms with van der Waals surface area (Å²) in [5, 5.41) is 3.45. The van der Waals surface area contributed by atoms with Crippen LogP contribution in [0, 0.1) is 5.92 Å². The lowest BCUT2D eigenvalue weighted by Gasteiger charge is -2.24. The molecule has 1 aromatic heterocycles. The third kappa shape index (κ3) is 3.34. The average molecular weight is 223 g/mol. The maximum Gasteiger partial charge on any atom is 0.108 e. The molecule has 1 heterocycles. The molecule has 0 fully saturated rings. The number of hydrogen-bond donors (Lipinski definition) is 1. The lowest BCUT2D eigenvalue weighted by molar-refractivity contribution is 0.332. The zero-order valence-electron chi connectivity index (χ0n) is 11.0. The Morgan fingerprint density at radius 1 is 1.38 bits per heavy atom. The summed E-state index contributed by atoms with van der Waals surface area (Å²) in [5.41, 5.74) is 0. The molecule has 0 bridgehead atoms. The van der Waals surface area contributed by atoms with Gasteiger partial charge in [0.2, 0.25) is 0 Å². The van der Waals surface area contributed by atoms with E-state index in [9.17, 15) is 0 Å². The van der Waals surface area contributed by atoms with Crippen molar-refractivity contribution in [2.75, 3.05) is 7.05 Å². The van der Waals surface area contributed by atoms with Crippen LogP contribution in [0.4, 0.5) is 0 Å². The molecule has 1 rings (SSSR count). The summed E-state index contributed by atoms with van der Waals surface area (Å²) >= 11 is 0. The van der Waals surface area contributed by atoms with Crippen molar-refractivity contribution in [2.45, 2.75) is 45.6 Å². The molecule has 3 nitrogen and oxygen atoms in total.